The fourth-order valence-electron chi connectivity index (χ4n) is 2.92. The van der Waals surface area contributed by atoms with Crippen molar-refractivity contribution in [1.82, 2.24) is 0 Å². The molecule has 0 spiro atoms. The number of aliphatic hydroxyl groups is 1. The van der Waals surface area contributed by atoms with Gasteiger partial charge in [0.15, 0.2) is 6.10 Å². The normalized spacial score (nSPS) is 19.2. The van der Waals surface area contributed by atoms with Gasteiger partial charge in [0.05, 0.1) is 0 Å². The lowest BCUT2D eigenvalue weighted by Gasteiger charge is -2.32. The molecule has 0 amide bonds. The van der Waals surface area contributed by atoms with Gasteiger partial charge in [-0.05, 0) is 39.8 Å². The molecule has 2 heterocycles. The number of carbonyl (C=O) groups excluding carboxylic acids is 1. The molecule has 132 valence electrons. The van der Waals surface area contributed by atoms with Crippen molar-refractivity contribution in [3.63, 3.8) is 0 Å². The number of aliphatic hydroxyl groups excluding tert-OH is 1. The summed E-state index contributed by atoms with van der Waals surface area (Å²) in [5.74, 6) is -0.0846. The highest BCUT2D eigenvalue weighted by atomic mass is 16.6. The number of fused-ring (bicyclic) bond motifs is 2. The molecule has 1 N–H and O–H groups in total. The second-order valence-electron chi connectivity index (χ2n) is 6.91. The molecule has 1 aliphatic rings. The highest BCUT2D eigenvalue weighted by molar-refractivity contribution is 5.83. The zero-order valence-electron chi connectivity index (χ0n) is 14.5. The molecule has 1 aromatic heterocycles. The Bertz CT molecular complexity index is 917. The average Bonchev–Trinajstić information content (AvgIpc) is 2.81. The molecular formula is C19H20O6. The van der Waals surface area contributed by atoms with Crippen LogP contribution in [0.5, 0.6) is 5.75 Å². The van der Waals surface area contributed by atoms with Crippen molar-refractivity contribution < 1.29 is 23.8 Å². The van der Waals surface area contributed by atoms with E-state index in [0.717, 1.165) is 5.57 Å². The Morgan fingerprint density at radius 1 is 1.28 bits per heavy atom. The maximum Gasteiger partial charge on any atom is 0.336 e. The molecule has 0 radical (unpaired) electrons. The van der Waals surface area contributed by atoms with Crippen LogP contribution < -0.4 is 10.4 Å². The average molecular weight is 344 g/mol. The molecule has 0 saturated carbocycles. The lowest BCUT2D eigenvalue weighted by molar-refractivity contribution is -0.164. The van der Waals surface area contributed by atoms with Crippen molar-refractivity contribution in [3.05, 3.63) is 51.9 Å². The third-order valence-electron chi connectivity index (χ3n) is 4.07. The van der Waals surface area contributed by atoms with Gasteiger partial charge in [0.2, 0.25) is 0 Å². The van der Waals surface area contributed by atoms with E-state index >= 15 is 0 Å². The minimum Gasteiger partial charge on any atom is -0.483 e. The van der Waals surface area contributed by atoms with Crippen molar-refractivity contribution in [1.29, 1.82) is 0 Å². The Kier molecular flexibility index (Phi) is 4.16. The summed E-state index contributed by atoms with van der Waals surface area (Å²) >= 11 is 0. The molecule has 0 aliphatic carbocycles. The lowest BCUT2D eigenvalue weighted by atomic mass is 9.93. The lowest BCUT2D eigenvalue weighted by Crippen LogP contribution is -2.45. The van der Waals surface area contributed by atoms with Crippen molar-refractivity contribution >= 4 is 16.9 Å². The van der Waals surface area contributed by atoms with Gasteiger partial charge in [-0.3, -0.25) is 0 Å². The Morgan fingerprint density at radius 2 is 2.00 bits per heavy atom. The number of allylic oxidation sites excluding steroid dienone is 1. The number of esters is 1. The first kappa shape index (κ1) is 17.2. The minimum atomic E-state index is -1.06. The summed E-state index contributed by atoms with van der Waals surface area (Å²) < 4.78 is 16.4. The van der Waals surface area contributed by atoms with Crippen LogP contribution in [0.1, 0.15) is 39.4 Å². The summed E-state index contributed by atoms with van der Waals surface area (Å²) in [5.41, 5.74) is 0.238. The third-order valence-corrected chi connectivity index (χ3v) is 4.07. The molecule has 1 aromatic carbocycles. The van der Waals surface area contributed by atoms with Crippen LogP contribution in [0, 0.1) is 0 Å². The molecule has 25 heavy (non-hydrogen) atoms. The zero-order valence-corrected chi connectivity index (χ0v) is 14.5. The molecular weight excluding hydrogens is 324 g/mol. The van der Waals surface area contributed by atoms with Gasteiger partial charge < -0.3 is 19.0 Å². The van der Waals surface area contributed by atoms with Crippen LogP contribution in [0.4, 0.5) is 0 Å². The van der Waals surface area contributed by atoms with Crippen LogP contribution in [0.2, 0.25) is 0 Å². The summed E-state index contributed by atoms with van der Waals surface area (Å²) in [4.78, 5) is 23.3. The minimum absolute atomic E-state index is 0.374. The number of benzene rings is 1. The number of hydrogen-bond donors (Lipinski definition) is 1. The highest BCUT2D eigenvalue weighted by Gasteiger charge is 2.46. The van der Waals surface area contributed by atoms with Gasteiger partial charge in [-0.25, -0.2) is 9.59 Å². The van der Waals surface area contributed by atoms with Crippen molar-refractivity contribution in [2.24, 2.45) is 0 Å². The van der Waals surface area contributed by atoms with Crippen LogP contribution in [-0.2, 0) is 9.53 Å². The van der Waals surface area contributed by atoms with E-state index in [1.807, 2.05) is 0 Å². The first-order valence-corrected chi connectivity index (χ1v) is 7.98. The Hall–Kier alpha value is -2.60. The summed E-state index contributed by atoms with van der Waals surface area (Å²) in [6.07, 6.45) is -0.361. The molecule has 2 aromatic rings. The molecule has 6 heteroatoms. The van der Waals surface area contributed by atoms with Gasteiger partial charge in [-0.2, -0.15) is 0 Å². The summed E-state index contributed by atoms with van der Waals surface area (Å²) in [5, 5.41) is 11.3. The van der Waals surface area contributed by atoms with Gasteiger partial charge in [-0.1, -0.05) is 5.57 Å². The van der Waals surface area contributed by atoms with E-state index in [-0.39, 0.29) is 0 Å². The summed E-state index contributed by atoms with van der Waals surface area (Å²) in [6.45, 7) is 6.96. The SMILES string of the molecule is CC(C)=CC(=O)OC(C)(C)C1Oc2cc3oc(=O)ccc3cc2C1O. The molecule has 2 unspecified atom stereocenters. The van der Waals surface area contributed by atoms with Crippen molar-refractivity contribution in [2.75, 3.05) is 0 Å². The van der Waals surface area contributed by atoms with Gasteiger partial charge in [0.1, 0.15) is 23.0 Å². The number of carbonyl (C=O) groups is 1. The Balaban J connectivity index is 1.92. The van der Waals surface area contributed by atoms with Crippen LogP contribution in [0.3, 0.4) is 0 Å². The zero-order chi connectivity index (χ0) is 18.4. The maximum absolute atomic E-state index is 11.9. The van der Waals surface area contributed by atoms with E-state index in [0.29, 0.717) is 22.3 Å². The maximum atomic E-state index is 11.9. The summed E-state index contributed by atoms with van der Waals surface area (Å²) in [6, 6.07) is 6.23. The second-order valence-corrected chi connectivity index (χ2v) is 6.91. The van der Waals surface area contributed by atoms with Gasteiger partial charge in [0, 0.05) is 29.2 Å². The van der Waals surface area contributed by atoms with Gasteiger partial charge in [0.25, 0.3) is 0 Å². The molecule has 2 atom stereocenters. The number of ether oxygens (including phenoxy) is 2. The smallest absolute Gasteiger partial charge is 0.336 e. The van der Waals surface area contributed by atoms with E-state index in [1.165, 1.54) is 12.1 Å². The predicted molar refractivity (Wildman–Crippen MR) is 91.5 cm³/mol. The Morgan fingerprint density at radius 3 is 2.68 bits per heavy atom. The van der Waals surface area contributed by atoms with E-state index in [4.69, 9.17) is 13.9 Å². The van der Waals surface area contributed by atoms with Crippen LogP contribution in [0.15, 0.2) is 45.1 Å². The number of hydrogen-bond acceptors (Lipinski definition) is 6. The third kappa shape index (κ3) is 3.30. The Labute approximate surface area is 144 Å². The fourth-order valence-corrected chi connectivity index (χ4v) is 2.92. The largest absolute Gasteiger partial charge is 0.483 e. The van der Waals surface area contributed by atoms with E-state index in [1.54, 1.807) is 45.9 Å². The van der Waals surface area contributed by atoms with Crippen molar-refractivity contribution in [2.45, 2.75) is 45.5 Å². The van der Waals surface area contributed by atoms with Crippen LogP contribution in [-0.4, -0.2) is 22.8 Å². The monoisotopic (exact) mass is 344 g/mol. The first-order chi connectivity index (χ1) is 11.7. The predicted octanol–water partition coefficient (Wildman–Crippen LogP) is 2.88. The summed E-state index contributed by atoms with van der Waals surface area (Å²) in [7, 11) is 0. The highest BCUT2D eigenvalue weighted by Crippen LogP contribution is 2.43. The fraction of sp³-hybridized carbons (Fsp3) is 0.368. The molecule has 1 aliphatic heterocycles. The molecule has 0 bridgehead atoms. The van der Waals surface area contributed by atoms with Crippen LogP contribution >= 0.6 is 0 Å². The van der Waals surface area contributed by atoms with Gasteiger partial charge in [-0.15, -0.1) is 0 Å². The van der Waals surface area contributed by atoms with E-state index in [9.17, 15) is 14.7 Å². The van der Waals surface area contributed by atoms with Crippen molar-refractivity contribution in [3.8, 4) is 5.75 Å². The molecule has 0 saturated heterocycles. The van der Waals surface area contributed by atoms with E-state index < -0.39 is 29.4 Å². The number of rotatable bonds is 3. The van der Waals surface area contributed by atoms with E-state index in [2.05, 4.69) is 0 Å². The standard InChI is InChI=1S/C19H20O6/c1-10(2)7-16(21)25-19(3,4)18-17(22)12-8-11-5-6-15(20)23-13(11)9-14(12)24-18/h5-9,17-18,22H,1-4H3. The molecule has 3 rings (SSSR count). The quantitative estimate of drug-likeness (QED) is 0.523. The topological polar surface area (TPSA) is 86.0 Å². The molecule has 0 fully saturated rings. The molecule has 6 nitrogen and oxygen atoms in total. The van der Waals surface area contributed by atoms with Crippen LogP contribution in [0.25, 0.3) is 11.0 Å². The second kappa shape index (κ2) is 6.04. The van der Waals surface area contributed by atoms with Gasteiger partial charge >= 0.3 is 11.6 Å². The first-order valence-electron chi connectivity index (χ1n) is 7.98.